The summed E-state index contributed by atoms with van der Waals surface area (Å²) < 4.78 is 33.1. The van der Waals surface area contributed by atoms with Gasteiger partial charge in [0.05, 0.1) is 0 Å². The van der Waals surface area contributed by atoms with Gasteiger partial charge in [0.1, 0.15) is 4.90 Å². The molecule has 0 fully saturated rings. The highest BCUT2D eigenvalue weighted by Crippen LogP contribution is 2.21. The second kappa shape index (κ2) is 10.0. The smallest absolute Gasteiger partial charge is 0.295 e. The molecule has 0 bridgehead atoms. The molecular weight excluding hydrogens is 400 g/mol. The van der Waals surface area contributed by atoms with Gasteiger partial charge in [0.15, 0.2) is 5.78 Å². The van der Waals surface area contributed by atoms with Crippen LogP contribution < -0.4 is 10.6 Å². The highest BCUT2D eigenvalue weighted by Gasteiger charge is 2.22. The zero-order valence-electron chi connectivity index (χ0n) is 17.9. The Morgan fingerprint density at radius 1 is 1.00 bits per heavy atom. The number of rotatable bonds is 10. The predicted octanol–water partition coefficient (Wildman–Crippen LogP) is 4.03. The summed E-state index contributed by atoms with van der Waals surface area (Å²) in [6, 6.07) is 12.9. The molecule has 0 aliphatic carbocycles. The number of ketones is 1. The lowest BCUT2D eigenvalue weighted by Crippen LogP contribution is -2.21. The lowest BCUT2D eigenvalue weighted by atomic mass is 10.00. The standard InChI is InChI=1S/C23H30N2O4S/c1-15(2)23(26)21-11-8-19(12-22(21)30(27,28)29)14-25-17(5)20-9-6-18(7-10-20)13-24-16(3)4/h6-12,15-16,24-25H,5,13-14H2,1-4H3,(H,27,28,29). The number of Topliss-reactive ketones (excluding diaryl/α,β-unsaturated/α-hetero) is 1. The summed E-state index contributed by atoms with van der Waals surface area (Å²) in [5.41, 5.74) is 3.39. The summed E-state index contributed by atoms with van der Waals surface area (Å²) in [7, 11) is -4.52. The van der Waals surface area contributed by atoms with Crippen molar-refractivity contribution in [1.82, 2.24) is 10.6 Å². The van der Waals surface area contributed by atoms with Gasteiger partial charge in [0.25, 0.3) is 10.1 Å². The van der Waals surface area contributed by atoms with Crippen molar-refractivity contribution in [2.24, 2.45) is 5.92 Å². The van der Waals surface area contributed by atoms with E-state index in [1.165, 1.54) is 17.7 Å². The van der Waals surface area contributed by atoms with Gasteiger partial charge in [0.2, 0.25) is 0 Å². The van der Waals surface area contributed by atoms with E-state index in [9.17, 15) is 17.8 Å². The van der Waals surface area contributed by atoms with Gasteiger partial charge in [-0.05, 0) is 28.8 Å². The van der Waals surface area contributed by atoms with E-state index in [-0.39, 0.29) is 22.2 Å². The van der Waals surface area contributed by atoms with Gasteiger partial charge in [0, 0.05) is 36.3 Å². The molecule has 6 nitrogen and oxygen atoms in total. The van der Waals surface area contributed by atoms with Crippen molar-refractivity contribution in [2.45, 2.75) is 51.7 Å². The molecule has 0 spiro atoms. The molecule has 30 heavy (non-hydrogen) atoms. The van der Waals surface area contributed by atoms with Crippen LogP contribution in [0.4, 0.5) is 0 Å². The second-order valence-electron chi connectivity index (χ2n) is 7.89. The third kappa shape index (κ3) is 6.52. The molecule has 2 aromatic carbocycles. The molecule has 0 aliphatic heterocycles. The van der Waals surface area contributed by atoms with E-state index in [2.05, 4.69) is 31.1 Å². The first-order valence-corrected chi connectivity index (χ1v) is 11.3. The lowest BCUT2D eigenvalue weighted by Gasteiger charge is -2.14. The van der Waals surface area contributed by atoms with Gasteiger partial charge >= 0.3 is 0 Å². The average molecular weight is 431 g/mol. The molecule has 162 valence electrons. The Labute approximate surface area is 179 Å². The molecule has 0 radical (unpaired) electrons. The van der Waals surface area contributed by atoms with Gasteiger partial charge in [-0.2, -0.15) is 8.42 Å². The molecule has 0 atom stereocenters. The molecule has 0 saturated carbocycles. The van der Waals surface area contributed by atoms with Gasteiger partial charge < -0.3 is 10.6 Å². The maximum atomic E-state index is 12.3. The van der Waals surface area contributed by atoms with E-state index in [0.717, 1.165) is 12.1 Å². The SMILES string of the molecule is C=C(NCc1ccc(C(=O)C(C)C)c(S(=O)(=O)O)c1)c1ccc(CNC(C)C)cc1. The maximum Gasteiger partial charge on any atom is 0.295 e. The first-order valence-electron chi connectivity index (χ1n) is 9.89. The van der Waals surface area contributed by atoms with Gasteiger partial charge in [-0.1, -0.05) is 64.6 Å². The quantitative estimate of drug-likeness (QED) is 0.389. The molecule has 0 heterocycles. The number of hydrogen-bond acceptors (Lipinski definition) is 5. The minimum Gasteiger partial charge on any atom is -0.381 e. The second-order valence-corrected chi connectivity index (χ2v) is 9.28. The third-order valence-corrected chi connectivity index (χ3v) is 5.53. The highest BCUT2D eigenvalue weighted by molar-refractivity contribution is 7.86. The van der Waals surface area contributed by atoms with Crippen molar-refractivity contribution in [3.05, 3.63) is 71.3 Å². The Bertz CT molecular complexity index is 1010. The van der Waals surface area contributed by atoms with Crippen LogP contribution in [0.3, 0.4) is 0 Å². The van der Waals surface area contributed by atoms with Gasteiger partial charge in [-0.25, -0.2) is 0 Å². The Hall–Kier alpha value is -2.48. The lowest BCUT2D eigenvalue weighted by molar-refractivity contribution is 0.0935. The van der Waals surface area contributed by atoms with Crippen molar-refractivity contribution in [1.29, 1.82) is 0 Å². The summed E-state index contributed by atoms with van der Waals surface area (Å²) in [6.45, 7) is 12.7. The normalized spacial score (nSPS) is 11.7. The molecule has 3 N–H and O–H groups in total. The minimum absolute atomic E-state index is 0.000623. The van der Waals surface area contributed by atoms with Crippen LogP contribution in [-0.4, -0.2) is 24.8 Å². The van der Waals surface area contributed by atoms with Crippen LogP contribution in [0.25, 0.3) is 5.70 Å². The molecule has 0 saturated heterocycles. The zero-order chi connectivity index (χ0) is 22.5. The first-order chi connectivity index (χ1) is 14.0. The Morgan fingerprint density at radius 2 is 1.60 bits per heavy atom. The summed E-state index contributed by atoms with van der Waals surface area (Å²) in [5, 5.41) is 6.53. The van der Waals surface area contributed by atoms with Crippen molar-refractivity contribution < 1.29 is 17.8 Å². The van der Waals surface area contributed by atoms with Crippen LogP contribution in [-0.2, 0) is 23.2 Å². The van der Waals surface area contributed by atoms with E-state index >= 15 is 0 Å². The van der Waals surface area contributed by atoms with Gasteiger partial charge in [-0.15, -0.1) is 0 Å². The van der Waals surface area contributed by atoms with Crippen molar-refractivity contribution in [3.63, 3.8) is 0 Å². The monoisotopic (exact) mass is 430 g/mol. The minimum atomic E-state index is -4.52. The first kappa shape index (κ1) is 23.8. The number of benzene rings is 2. The molecule has 2 rings (SSSR count). The maximum absolute atomic E-state index is 12.3. The van der Waals surface area contributed by atoms with E-state index in [1.54, 1.807) is 19.9 Å². The van der Waals surface area contributed by atoms with E-state index in [4.69, 9.17) is 0 Å². The van der Waals surface area contributed by atoms with Crippen LogP contribution in [0, 0.1) is 5.92 Å². The van der Waals surface area contributed by atoms with Crippen LogP contribution >= 0.6 is 0 Å². The molecular formula is C23H30N2O4S. The summed E-state index contributed by atoms with van der Waals surface area (Å²) >= 11 is 0. The molecule has 2 aromatic rings. The Kier molecular flexibility index (Phi) is 7.95. The summed E-state index contributed by atoms with van der Waals surface area (Å²) in [4.78, 5) is 11.9. The number of hydrogen-bond donors (Lipinski definition) is 3. The van der Waals surface area contributed by atoms with Crippen molar-refractivity contribution in [3.8, 4) is 0 Å². The topological polar surface area (TPSA) is 95.5 Å². The molecule has 0 aromatic heterocycles. The fourth-order valence-electron chi connectivity index (χ4n) is 2.86. The van der Waals surface area contributed by atoms with E-state index in [1.807, 2.05) is 24.3 Å². The van der Waals surface area contributed by atoms with Crippen molar-refractivity contribution in [2.75, 3.05) is 0 Å². The third-order valence-electron chi connectivity index (χ3n) is 4.64. The predicted molar refractivity (Wildman–Crippen MR) is 120 cm³/mol. The highest BCUT2D eigenvalue weighted by atomic mass is 32.2. The van der Waals surface area contributed by atoms with Crippen LogP contribution in [0.5, 0.6) is 0 Å². The zero-order valence-corrected chi connectivity index (χ0v) is 18.7. The Morgan fingerprint density at radius 3 is 2.13 bits per heavy atom. The molecule has 7 heteroatoms. The van der Waals surface area contributed by atoms with E-state index < -0.39 is 10.1 Å². The molecule has 0 unspecified atom stereocenters. The van der Waals surface area contributed by atoms with E-state index in [0.29, 0.717) is 23.8 Å². The number of carbonyl (C=O) groups excluding carboxylic acids is 1. The number of carbonyl (C=O) groups is 1. The largest absolute Gasteiger partial charge is 0.381 e. The summed E-state index contributed by atoms with van der Waals surface area (Å²) in [6.07, 6.45) is 0. The van der Waals surface area contributed by atoms with Crippen LogP contribution in [0.15, 0.2) is 53.9 Å². The van der Waals surface area contributed by atoms with Crippen molar-refractivity contribution >= 4 is 21.6 Å². The molecule has 0 amide bonds. The van der Waals surface area contributed by atoms with Crippen LogP contribution in [0.2, 0.25) is 0 Å². The Balaban J connectivity index is 2.11. The average Bonchev–Trinajstić information content (AvgIpc) is 2.69. The molecule has 0 aliphatic rings. The fourth-order valence-corrected chi connectivity index (χ4v) is 3.61. The number of nitrogens with one attached hydrogen (secondary N) is 2. The van der Waals surface area contributed by atoms with Gasteiger partial charge in [-0.3, -0.25) is 9.35 Å². The van der Waals surface area contributed by atoms with Crippen LogP contribution in [0.1, 0.15) is 54.7 Å². The summed E-state index contributed by atoms with van der Waals surface area (Å²) in [5.74, 6) is -0.716. The fraction of sp³-hybridized carbons (Fsp3) is 0.348.